The molecule has 3 rings (SSSR count). The van der Waals surface area contributed by atoms with Gasteiger partial charge in [-0.2, -0.15) is 0 Å². The van der Waals surface area contributed by atoms with E-state index in [1.54, 1.807) is 20.2 Å². The normalized spacial score (nSPS) is 12.6. The van der Waals surface area contributed by atoms with Crippen molar-refractivity contribution < 1.29 is 13.6 Å². The summed E-state index contributed by atoms with van der Waals surface area (Å²) in [7, 11) is 1.59. The first-order valence-electron chi connectivity index (χ1n) is 9.41. The van der Waals surface area contributed by atoms with Gasteiger partial charge in [0.1, 0.15) is 23.2 Å². The molecular formula is C20H26N4O4. The molecule has 0 aliphatic rings. The zero-order chi connectivity index (χ0) is 20.3. The number of amides is 1. The molecule has 0 unspecified atom stereocenters. The van der Waals surface area contributed by atoms with E-state index in [0.717, 1.165) is 12.2 Å². The molecule has 1 atom stereocenters. The van der Waals surface area contributed by atoms with E-state index in [2.05, 4.69) is 29.0 Å². The molecule has 0 bridgehead atoms. The highest BCUT2D eigenvalue weighted by molar-refractivity contribution is 6.06. The van der Waals surface area contributed by atoms with Crippen LogP contribution >= 0.6 is 0 Å². The lowest BCUT2D eigenvalue weighted by Gasteiger charge is -2.27. The molecule has 3 aromatic rings. The lowest BCUT2D eigenvalue weighted by atomic mass is 10.1. The van der Waals surface area contributed by atoms with E-state index in [1.165, 1.54) is 10.9 Å². The maximum Gasteiger partial charge on any atom is 0.265 e. The summed E-state index contributed by atoms with van der Waals surface area (Å²) in [6.07, 6.45) is 4.03. The standard InChI is InChI=1S/C20H26N4O4/c1-5-13(2)24(11-15-7-6-10-27-15)9-8-21-18(25)16-14(3)28-19-17(16)20(26)23(4)12-22-19/h6-7,10,12-13H,5,8-9,11H2,1-4H3,(H,21,25)/t13-/m0/s1. The van der Waals surface area contributed by atoms with E-state index in [9.17, 15) is 9.59 Å². The fourth-order valence-electron chi connectivity index (χ4n) is 3.18. The van der Waals surface area contributed by atoms with E-state index in [0.29, 0.717) is 31.4 Å². The Morgan fingerprint density at radius 1 is 1.43 bits per heavy atom. The van der Waals surface area contributed by atoms with Crippen LogP contribution in [0.1, 0.15) is 42.1 Å². The summed E-state index contributed by atoms with van der Waals surface area (Å²) in [6, 6.07) is 4.15. The summed E-state index contributed by atoms with van der Waals surface area (Å²) in [6.45, 7) is 7.72. The number of aryl methyl sites for hydroxylation is 2. The van der Waals surface area contributed by atoms with Gasteiger partial charge in [0.15, 0.2) is 0 Å². The lowest BCUT2D eigenvalue weighted by Crippen LogP contribution is -2.39. The van der Waals surface area contributed by atoms with Crippen LogP contribution in [-0.2, 0) is 13.6 Å². The highest BCUT2D eigenvalue weighted by Gasteiger charge is 2.22. The van der Waals surface area contributed by atoms with Crippen LogP contribution in [0.25, 0.3) is 11.1 Å². The predicted octanol–water partition coefficient (Wildman–Crippen LogP) is 2.46. The van der Waals surface area contributed by atoms with Gasteiger partial charge in [0.05, 0.1) is 18.4 Å². The molecule has 0 aliphatic heterocycles. The Morgan fingerprint density at radius 2 is 2.21 bits per heavy atom. The monoisotopic (exact) mass is 386 g/mol. The van der Waals surface area contributed by atoms with Gasteiger partial charge in [0, 0.05) is 26.2 Å². The second-order valence-corrected chi connectivity index (χ2v) is 6.94. The zero-order valence-electron chi connectivity index (χ0n) is 16.7. The minimum absolute atomic E-state index is 0.185. The number of aromatic nitrogens is 2. The summed E-state index contributed by atoms with van der Waals surface area (Å²) < 4.78 is 12.3. The third kappa shape index (κ3) is 4.01. The molecule has 0 aromatic carbocycles. The molecular weight excluding hydrogens is 360 g/mol. The Morgan fingerprint density at radius 3 is 2.89 bits per heavy atom. The van der Waals surface area contributed by atoms with E-state index < -0.39 is 0 Å². The SMILES string of the molecule is CC[C@H](C)N(CCNC(=O)c1c(C)oc2ncn(C)c(=O)c12)Cc1ccco1. The molecule has 3 heterocycles. The van der Waals surface area contributed by atoms with Gasteiger partial charge in [-0.05, 0) is 32.4 Å². The van der Waals surface area contributed by atoms with E-state index in [1.807, 2.05) is 12.1 Å². The Kier molecular flexibility index (Phi) is 5.99. The van der Waals surface area contributed by atoms with Gasteiger partial charge < -0.3 is 18.7 Å². The average Bonchev–Trinajstić information content (AvgIpc) is 3.30. The van der Waals surface area contributed by atoms with Gasteiger partial charge in [-0.3, -0.25) is 14.5 Å². The van der Waals surface area contributed by atoms with Gasteiger partial charge in [0.2, 0.25) is 5.71 Å². The molecule has 150 valence electrons. The Hall–Kier alpha value is -2.87. The average molecular weight is 386 g/mol. The predicted molar refractivity (Wildman–Crippen MR) is 105 cm³/mol. The quantitative estimate of drug-likeness (QED) is 0.639. The van der Waals surface area contributed by atoms with E-state index in [4.69, 9.17) is 8.83 Å². The molecule has 0 fully saturated rings. The van der Waals surface area contributed by atoms with Crippen LogP contribution < -0.4 is 10.9 Å². The van der Waals surface area contributed by atoms with E-state index in [-0.39, 0.29) is 28.1 Å². The highest BCUT2D eigenvalue weighted by atomic mass is 16.3. The highest BCUT2D eigenvalue weighted by Crippen LogP contribution is 2.20. The second-order valence-electron chi connectivity index (χ2n) is 6.94. The van der Waals surface area contributed by atoms with Crippen molar-refractivity contribution in [3.8, 4) is 0 Å². The van der Waals surface area contributed by atoms with Crippen molar-refractivity contribution in [3.05, 3.63) is 52.2 Å². The summed E-state index contributed by atoms with van der Waals surface area (Å²) in [5, 5.41) is 3.12. The minimum atomic E-state index is -0.330. The molecule has 3 aromatic heterocycles. The number of nitrogens with one attached hydrogen (secondary N) is 1. The van der Waals surface area contributed by atoms with Crippen LogP contribution in [0, 0.1) is 6.92 Å². The molecule has 0 saturated heterocycles. The van der Waals surface area contributed by atoms with E-state index >= 15 is 0 Å². The molecule has 0 saturated carbocycles. The van der Waals surface area contributed by atoms with Crippen molar-refractivity contribution in [2.45, 2.75) is 39.8 Å². The van der Waals surface area contributed by atoms with Crippen molar-refractivity contribution in [1.82, 2.24) is 19.8 Å². The first kappa shape index (κ1) is 19.9. The fourth-order valence-corrected chi connectivity index (χ4v) is 3.18. The van der Waals surface area contributed by atoms with Crippen LogP contribution in [0.4, 0.5) is 0 Å². The Labute approximate surface area is 163 Å². The third-order valence-corrected chi connectivity index (χ3v) is 5.01. The van der Waals surface area contributed by atoms with Crippen LogP contribution in [0.3, 0.4) is 0 Å². The molecule has 8 nitrogen and oxygen atoms in total. The summed E-state index contributed by atoms with van der Waals surface area (Å²) >= 11 is 0. The number of carbonyl (C=O) groups excluding carboxylic acids is 1. The van der Waals surface area contributed by atoms with Crippen LogP contribution in [-0.4, -0.2) is 39.5 Å². The maximum absolute atomic E-state index is 12.8. The summed E-state index contributed by atoms with van der Waals surface area (Å²) in [5.74, 6) is 0.944. The van der Waals surface area contributed by atoms with Crippen molar-refractivity contribution in [3.63, 3.8) is 0 Å². The molecule has 8 heteroatoms. The topological polar surface area (TPSA) is 93.5 Å². The van der Waals surface area contributed by atoms with Crippen LogP contribution in [0.2, 0.25) is 0 Å². The fraction of sp³-hybridized carbons (Fsp3) is 0.450. The van der Waals surface area contributed by atoms with Crippen LogP contribution in [0.5, 0.6) is 0 Å². The molecule has 0 aliphatic carbocycles. The number of fused-ring (bicyclic) bond motifs is 1. The minimum Gasteiger partial charge on any atom is -0.468 e. The number of furan rings is 2. The Balaban J connectivity index is 1.71. The number of hydrogen-bond acceptors (Lipinski definition) is 6. The number of rotatable bonds is 8. The van der Waals surface area contributed by atoms with Crippen molar-refractivity contribution in [1.29, 1.82) is 0 Å². The molecule has 0 radical (unpaired) electrons. The molecule has 0 spiro atoms. The second kappa shape index (κ2) is 8.43. The largest absolute Gasteiger partial charge is 0.468 e. The maximum atomic E-state index is 12.8. The first-order valence-corrected chi connectivity index (χ1v) is 9.41. The van der Waals surface area contributed by atoms with Crippen molar-refractivity contribution >= 4 is 17.0 Å². The summed E-state index contributed by atoms with van der Waals surface area (Å²) in [4.78, 5) is 31.5. The lowest BCUT2D eigenvalue weighted by molar-refractivity contribution is 0.0941. The van der Waals surface area contributed by atoms with Crippen molar-refractivity contribution in [2.24, 2.45) is 7.05 Å². The van der Waals surface area contributed by atoms with Gasteiger partial charge in [-0.1, -0.05) is 6.92 Å². The van der Waals surface area contributed by atoms with Gasteiger partial charge >= 0.3 is 0 Å². The number of nitrogens with zero attached hydrogens (tertiary/aromatic N) is 3. The van der Waals surface area contributed by atoms with Gasteiger partial charge in [0.25, 0.3) is 11.5 Å². The Bertz CT molecular complexity index is 1000. The molecule has 1 N–H and O–H groups in total. The van der Waals surface area contributed by atoms with Gasteiger partial charge in [-0.25, -0.2) is 4.98 Å². The molecule has 1 amide bonds. The smallest absolute Gasteiger partial charge is 0.265 e. The van der Waals surface area contributed by atoms with Gasteiger partial charge in [-0.15, -0.1) is 0 Å². The van der Waals surface area contributed by atoms with Crippen molar-refractivity contribution in [2.75, 3.05) is 13.1 Å². The zero-order valence-corrected chi connectivity index (χ0v) is 16.7. The van der Waals surface area contributed by atoms with Crippen LogP contribution in [0.15, 0.2) is 38.4 Å². The first-order chi connectivity index (χ1) is 13.4. The third-order valence-electron chi connectivity index (χ3n) is 5.01. The summed E-state index contributed by atoms with van der Waals surface area (Å²) in [5.41, 5.74) is 0.140. The number of carbonyl (C=O) groups is 1. The molecule has 28 heavy (non-hydrogen) atoms. The number of hydrogen-bond donors (Lipinski definition) is 1.